The van der Waals surface area contributed by atoms with Crippen molar-refractivity contribution in [3.8, 4) is 0 Å². The molecule has 0 unspecified atom stereocenters. The van der Waals surface area contributed by atoms with Crippen LogP contribution in [0.15, 0.2) is 60.7 Å². The van der Waals surface area contributed by atoms with Crippen LogP contribution >= 0.6 is 0 Å². The quantitative estimate of drug-likeness (QED) is 0.502. The van der Waals surface area contributed by atoms with Gasteiger partial charge < -0.3 is 0 Å². The highest BCUT2D eigenvalue weighted by Crippen LogP contribution is 2.21. The van der Waals surface area contributed by atoms with Crippen LogP contribution in [0.3, 0.4) is 0 Å². The van der Waals surface area contributed by atoms with Gasteiger partial charge in [-0.05, 0) is 17.7 Å². The van der Waals surface area contributed by atoms with Crippen molar-refractivity contribution in [3.63, 3.8) is 0 Å². The van der Waals surface area contributed by atoms with Crippen LogP contribution in [0.1, 0.15) is 5.56 Å². The third-order valence-corrected chi connectivity index (χ3v) is 2.65. The van der Waals surface area contributed by atoms with Crippen LogP contribution in [-0.2, 0) is 4.79 Å². The van der Waals surface area contributed by atoms with Crippen molar-refractivity contribution in [2.24, 2.45) is 0 Å². The molecule has 0 aliphatic rings. The largest absolute Gasteiger partial charge is 0.294 e. The fourth-order valence-electron chi connectivity index (χ4n) is 1.65. The number of nitro groups is 1. The zero-order valence-electron chi connectivity index (χ0n) is 11.0. The molecule has 0 heterocycles. The number of nitro benzene ring substituents is 1. The number of hydrogen-bond donors (Lipinski definition) is 2. The molecule has 1 amide bonds. The van der Waals surface area contributed by atoms with Gasteiger partial charge in [0.2, 0.25) is 0 Å². The van der Waals surface area contributed by atoms with E-state index in [9.17, 15) is 14.9 Å². The minimum absolute atomic E-state index is 0.107. The Morgan fingerprint density at radius 2 is 1.71 bits per heavy atom. The van der Waals surface area contributed by atoms with E-state index in [1.807, 2.05) is 30.3 Å². The van der Waals surface area contributed by atoms with Crippen LogP contribution in [0, 0.1) is 10.1 Å². The molecular weight excluding hydrogens is 270 g/mol. The van der Waals surface area contributed by atoms with Crippen LogP contribution in [-0.4, -0.2) is 10.8 Å². The Bertz CT molecular complexity index is 669. The van der Waals surface area contributed by atoms with Gasteiger partial charge in [-0.1, -0.05) is 42.5 Å². The molecule has 6 nitrogen and oxygen atoms in total. The van der Waals surface area contributed by atoms with Crippen molar-refractivity contribution in [2.75, 3.05) is 5.43 Å². The van der Waals surface area contributed by atoms with E-state index < -0.39 is 10.8 Å². The van der Waals surface area contributed by atoms with E-state index in [-0.39, 0.29) is 11.4 Å². The van der Waals surface area contributed by atoms with Gasteiger partial charge in [0.25, 0.3) is 11.6 Å². The number of hydrogen-bond acceptors (Lipinski definition) is 4. The molecule has 0 saturated heterocycles. The maximum atomic E-state index is 11.6. The van der Waals surface area contributed by atoms with Crippen molar-refractivity contribution in [1.29, 1.82) is 0 Å². The van der Waals surface area contributed by atoms with Gasteiger partial charge in [-0.15, -0.1) is 0 Å². The summed E-state index contributed by atoms with van der Waals surface area (Å²) >= 11 is 0. The van der Waals surface area contributed by atoms with E-state index in [1.165, 1.54) is 18.2 Å². The summed E-state index contributed by atoms with van der Waals surface area (Å²) in [6.07, 6.45) is 2.99. The number of amides is 1. The molecule has 0 aromatic heterocycles. The van der Waals surface area contributed by atoms with E-state index in [0.29, 0.717) is 0 Å². The topological polar surface area (TPSA) is 84.3 Å². The predicted octanol–water partition coefficient (Wildman–Crippen LogP) is 2.75. The number of nitrogens with one attached hydrogen (secondary N) is 2. The summed E-state index contributed by atoms with van der Waals surface area (Å²) in [6.45, 7) is 0. The Labute approximate surface area is 121 Å². The number of benzene rings is 2. The minimum atomic E-state index is -0.520. The Kier molecular flexibility index (Phi) is 4.66. The number of carbonyl (C=O) groups excluding carboxylic acids is 1. The minimum Gasteiger partial charge on any atom is -0.292 e. The Balaban J connectivity index is 1.96. The number of anilines is 1. The third kappa shape index (κ3) is 4.17. The number of carbonyl (C=O) groups is 1. The van der Waals surface area contributed by atoms with Crippen LogP contribution in [0.5, 0.6) is 0 Å². The molecule has 2 rings (SSSR count). The lowest BCUT2D eigenvalue weighted by Gasteiger charge is -2.06. The lowest BCUT2D eigenvalue weighted by Crippen LogP contribution is -2.27. The summed E-state index contributed by atoms with van der Waals surface area (Å²) in [5.41, 5.74) is 5.93. The summed E-state index contributed by atoms with van der Waals surface area (Å²) in [4.78, 5) is 21.9. The standard InChI is InChI=1S/C15H13N3O3/c19-15(11-10-12-6-2-1-3-7-12)17-16-13-8-4-5-9-14(13)18(20)21/h1-11,16H,(H,17,19)/b11-10+. The van der Waals surface area contributed by atoms with Gasteiger partial charge in [0.05, 0.1) is 4.92 Å². The van der Waals surface area contributed by atoms with E-state index in [1.54, 1.807) is 18.2 Å². The van der Waals surface area contributed by atoms with Crippen LogP contribution in [0.2, 0.25) is 0 Å². The van der Waals surface area contributed by atoms with E-state index in [2.05, 4.69) is 10.9 Å². The predicted molar refractivity (Wildman–Crippen MR) is 80.3 cm³/mol. The van der Waals surface area contributed by atoms with Crippen LogP contribution < -0.4 is 10.9 Å². The van der Waals surface area contributed by atoms with Crippen molar-refractivity contribution in [3.05, 3.63) is 76.4 Å². The van der Waals surface area contributed by atoms with E-state index in [4.69, 9.17) is 0 Å². The highest BCUT2D eigenvalue weighted by atomic mass is 16.6. The monoisotopic (exact) mass is 283 g/mol. The molecule has 2 aromatic rings. The fourth-order valence-corrected chi connectivity index (χ4v) is 1.65. The van der Waals surface area contributed by atoms with Gasteiger partial charge in [-0.25, -0.2) is 0 Å². The van der Waals surface area contributed by atoms with Crippen molar-refractivity contribution in [2.45, 2.75) is 0 Å². The smallest absolute Gasteiger partial charge is 0.292 e. The molecule has 0 spiro atoms. The summed E-state index contributed by atoms with van der Waals surface area (Å²) < 4.78 is 0. The fraction of sp³-hybridized carbons (Fsp3) is 0. The summed E-state index contributed by atoms with van der Waals surface area (Å²) in [7, 11) is 0. The molecular formula is C15H13N3O3. The highest BCUT2D eigenvalue weighted by Gasteiger charge is 2.11. The Morgan fingerprint density at radius 3 is 2.43 bits per heavy atom. The Morgan fingerprint density at radius 1 is 1.05 bits per heavy atom. The molecule has 106 valence electrons. The lowest BCUT2D eigenvalue weighted by atomic mass is 10.2. The molecule has 0 bridgehead atoms. The second-order valence-corrected chi connectivity index (χ2v) is 4.13. The van der Waals surface area contributed by atoms with Crippen molar-refractivity contribution in [1.82, 2.24) is 5.43 Å². The molecule has 2 N–H and O–H groups in total. The molecule has 2 aromatic carbocycles. The maximum absolute atomic E-state index is 11.6. The first-order chi connectivity index (χ1) is 10.2. The molecule has 0 radical (unpaired) electrons. The first-order valence-electron chi connectivity index (χ1n) is 6.19. The molecule has 0 atom stereocenters. The Hall–Kier alpha value is -3.15. The second-order valence-electron chi connectivity index (χ2n) is 4.13. The van der Waals surface area contributed by atoms with Gasteiger partial charge in [0.15, 0.2) is 0 Å². The van der Waals surface area contributed by atoms with Gasteiger partial charge in [0.1, 0.15) is 5.69 Å². The number of rotatable bonds is 5. The van der Waals surface area contributed by atoms with Gasteiger partial charge >= 0.3 is 0 Å². The third-order valence-electron chi connectivity index (χ3n) is 2.65. The molecule has 0 saturated carbocycles. The SMILES string of the molecule is O=C(/C=C/c1ccccc1)NNc1ccccc1[N+](=O)[O-]. The number of hydrazine groups is 1. The van der Waals surface area contributed by atoms with Gasteiger partial charge in [0, 0.05) is 12.1 Å². The van der Waals surface area contributed by atoms with E-state index >= 15 is 0 Å². The van der Waals surface area contributed by atoms with Crippen molar-refractivity contribution < 1.29 is 9.72 Å². The van der Waals surface area contributed by atoms with Gasteiger partial charge in [-0.3, -0.25) is 25.8 Å². The average molecular weight is 283 g/mol. The normalized spacial score (nSPS) is 10.3. The summed E-state index contributed by atoms with van der Waals surface area (Å²) in [5, 5.41) is 10.8. The first-order valence-corrected chi connectivity index (χ1v) is 6.19. The zero-order chi connectivity index (χ0) is 15.1. The average Bonchev–Trinajstić information content (AvgIpc) is 2.52. The molecule has 0 aliphatic carbocycles. The van der Waals surface area contributed by atoms with Crippen LogP contribution in [0.4, 0.5) is 11.4 Å². The highest BCUT2D eigenvalue weighted by molar-refractivity contribution is 5.92. The molecule has 0 aliphatic heterocycles. The lowest BCUT2D eigenvalue weighted by molar-refractivity contribution is -0.384. The van der Waals surface area contributed by atoms with E-state index in [0.717, 1.165) is 5.56 Å². The maximum Gasteiger partial charge on any atom is 0.294 e. The number of nitrogens with zero attached hydrogens (tertiary/aromatic N) is 1. The molecule has 21 heavy (non-hydrogen) atoms. The van der Waals surface area contributed by atoms with Crippen molar-refractivity contribution >= 4 is 23.4 Å². The second kappa shape index (κ2) is 6.85. The first kappa shape index (κ1) is 14.3. The summed E-state index contributed by atoms with van der Waals surface area (Å²) in [6, 6.07) is 15.4. The molecule has 0 fully saturated rings. The van der Waals surface area contributed by atoms with Crippen LogP contribution in [0.25, 0.3) is 6.08 Å². The zero-order valence-corrected chi connectivity index (χ0v) is 11.0. The summed E-state index contributed by atoms with van der Waals surface area (Å²) in [5.74, 6) is -0.406. The molecule has 6 heteroatoms. The number of para-hydroxylation sites is 2. The van der Waals surface area contributed by atoms with Gasteiger partial charge in [-0.2, -0.15) is 0 Å².